The Morgan fingerprint density at radius 1 is 1.18 bits per heavy atom. The second kappa shape index (κ2) is 8.36. The van der Waals surface area contributed by atoms with Crippen molar-refractivity contribution in [1.29, 1.82) is 0 Å². The van der Waals surface area contributed by atoms with Gasteiger partial charge in [0, 0.05) is 48.5 Å². The van der Waals surface area contributed by atoms with E-state index in [0.717, 1.165) is 44.7 Å². The molecule has 1 aliphatic rings. The minimum absolute atomic E-state index is 0.627. The quantitative estimate of drug-likeness (QED) is 0.689. The summed E-state index contributed by atoms with van der Waals surface area (Å²) in [5.74, 6) is 1.29. The first-order valence-electron chi connectivity index (χ1n) is 9.84. The van der Waals surface area contributed by atoms with E-state index in [4.69, 9.17) is 0 Å². The van der Waals surface area contributed by atoms with E-state index in [-0.39, 0.29) is 0 Å². The number of tetrazole rings is 1. The number of H-pyrrole nitrogens is 1. The normalized spacial score (nSPS) is 15.5. The topological polar surface area (TPSA) is 73.8 Å². The largest absolute Gasteiger partial charge is 0.368 e. The molecule has 0 aliphatic carbocycles. The average Bonchev–Trinajstić information content (AvgIpc) is 3.34. The van der Waals surface area contributed by atoms with E-state index < -0.39 is 0 Å². The van der Waals surface area contributed by atoms with Crippen molar-refractivity contribution >= 4 is 17.0 Å². The predicted molar refractivity (Wildman–Crippen MR) is 112 cm³/mol. The Morgan fingerprint density at radius 2 is 2.00 bits per heavy atom. The maximum atomic E-state index is 4.51. The Bertz CT molecular complexity index is 895. The van der Waals surface area contributed by atoms with Crippen LogP contribution in [0.2, 0.25) is 0 Å². The zero-order valence-electron chi connectivity index (χ0n) is 16.7. The van der Waals surface area contributed by atoms with E-state index >= 15 is 0 Å². The second-order valence-corrected chi connectivity index (χ2v) is 9.13. The summed E-state index contributed by atoms with van der Waals surface area (Å²) in [7, 11) is 0. The van der Waals surface area contributed by atoms with Crippen LogP contribution in [0.4, 0.5) is 5.69 Å². The molecule has 0 spiro atoms. The van der Waals surface area contributed by atoms with Crippen LogP contribution in [0.25, 0.3) is 11.4 Å². The van der Waals surface area contributed by atoms with Crippen LogP contribution in [-0.2, 0) is 13.0 Å². The van der Waals surface area contributed by atoms with Gasteiger partial charge in [0.05, 0.1) is 6.54 Å². The molecule has 0 amide bonds. The summed E-state index contributed by atoms with van der Waals surface area (Å²) in [4.78, 5) is 10.7. The minimum Gasteiger partial charge on any atom is -0.368 e. The van der Waals surface area contributed by atoms with Gasteiger partial charge in [0.1, 0.15) is 5.01 Å². The van der Waals surface area contributed by atoms with Crippen molar-refractivity contribution in [2.45, 2.75) is 33.7 Å². The number of aryl methyl sites for hydroxylation is 1. The van der Waals surface area contributed by atoms with Gasteiger partial charge in [0.25, 0.3) is 0 Å². The Labute approximate surface area is 169 Å². The zero-order chi connectivity index (χ0) is 19.5. The fourth-order valence-corrected chi connectivity index (χ4v) is 4.54. The fraction of sp³-hybridized carbons (Fsp3) is 0.500. The number of benzene rings is 1. The van der Waals surface area contributed by atoms with E-state index in [1.54, 1.807) is 11.3 Å². The van der Waals surface area contributed by atoms with Gasteiger partial charge in [-0.15, -0.1) is 21.5 Å². The number of hydrogen-bond acceptors (Lipinski definition) is 7. The van der Waals surface area contributed by atoms with Gasteiger partial charge in [-0.1, -0.05) is 19.9 Å². The van der Waals surface area contributed by atoms with E-state index in [9.17, 15) is 0 Å². The number of piperazine rings is 1. The average molecular weight is 398 g/mol. The van der Waals surface area contributed by atoms with Gasteiger partial charge < -0.3 is 4.90 Å². The third-order valence-corrected chi connectivity index (χ3v) is 5.93. The molecule has 148 valence electrons. The summed E-state index contributed by atoms with van der Waals surface area (Å²) in [5, 5.41) is 16.0. The van der Waals surface area contributed by atoms with Crippen LogP contribution in [0, 0.1) is 12.8 Å². The standard InChI is InChI=1S/C20H27N7S/c1-14(2)10-16-4-5-17(20-22-24-25-23-20)18(11-16)27-8-6-26(7-9-27)13-19-21-12-15(3)28-19/h4-5,11-12,14H,6-10,13H2,1-3H3,(H,22,23,24,25). The highest BCUT2D eigenvalue weighted by Crippen LogP contribution is 2.31. The lowest BCUT2D eigenvalue weighted by atomic mass is 9.99. The van der Waals surface area contributed by atoms with Crippen molar-refractivity contribution in [1.82, 2.24) is 30.5 Å². The molecule has 0 saturated carbocycles. The van der Waals surface area contributed by atoms with Crippen LogP contribution in [0.5, 0.6) is 0 Å². The molecule has 1 aromatic carbocycles. The van der Waals surface area contributed by atoms with Crippen LogP contribution >= 0.6 is 11.3 Å². The lowest BCUT2D eigenvalue weighted by Crippen LogP contribution is -2.46. The van der Waals surface area contributed by atoms with E-state index in [0.29, 0.717) is 11.7 Å². The molecule has 4 rings (SSSR count). The molecule has 3 aromatic rings. The highest BCUT2D eigenvalue weighted by atomic mass is 32.1. The molecule has 1 fully saturated rings. The van der Waals surface area contributed by atoms with Crippen molar-refractivity contribution in [3.05, 3.63) is 39.8 Å². The number of aromatic nitrogens is 5. The van der Waals surface area contributed by atoms with Crippen LogP contribution in [0.15, 0.2) is 24.4 Å². The number of rotatable bonds is 6. The predicted octanol–water partition coefficient (Wildman–Crippen LogP) is 3.15. The molecule has 1 aliphatic heterocycles. The van der Waals surface area contributed by atoms with Gasteiger partial charge in [-0.2, -0.15) is 5.21 Å². The summed E-state index contributed by atoms with van der Waals surface area (Å²) < 4.78 is 0. The van der Waals surface area contributed by atoms with Crippen molar-refractivity contribution < 1.29 is 0 Å². The third kappa shape index (κ3) is 4.39. The molecule has 0 atom stereocenters. The molecule has 1 N–H and O–H groups in total. The monoisotopic (exact) mass is 397 g/mol. The number of anilines is 1. The minimum atomic E-state index is 0.627. The lowest BCUT2D eigenvalue weighted by molar-refractivity contribution is 0.249. The third-order valence-electron chi connectivity index (χ3n) is 5.03. The smallest absolute Gasteiger partial charge is 0.206 e. The number of nitrogens with zero attached hydrogens (tertiary/aromatic N) is 6. The van der Waals surface area contributed by atoms with Gasteiger partial charge in [-0.05, 0) is 42.2 Å². The Morgan fingerprint density at radius 3 is 2.64 bits per heavy atom. The van der Waals surface area contributed by atoms with Gasteiger partial charge >= 0.3 is 0 Å². The van der Waals surface area contributed by atoms with E-state index in [1.807, 2.05) is 6.20 Å². The Balaban J connectivity index is 1.51. The molecule has 8 heteroatoms. The highest BCUT2D eigenvalue weighted by Gasteiger charge is 2.22. The Hall–Kier alpha value is -2.32. The van der Waals surface area contributed by atoms with Gasteiger partial charge in [-0.3, -0.25) is 4.90 Å². The van der Waals surface area contributed by atoms with Crippen molar-refractivity contribution in [2.24, 2.45) is 5.92 Å². The molecular formula is C20H27N7S. The first-order valence-corrected chi connectivity index (χ1v) is 10.7. The number of aromatic amines is 1. The molecule has 1 saturated heterocycles. The number of hydrogen-bond donors (Lipinski definition) is 1. The molecule has 0 unspecified atom stereocenters. The SMILES string of the molecule is Cc1cnc(CN2CCN(c3cc(CC(C)C)ccc3-c3nn[nH]n3)CC2)s1. The zero-order valence-corrected chi connectivity index (χ0v) is 17.5. The van der Waals surface area contributed by atoms with Gasteiger partial charge in [0.2, 0.25) is 5.82 Å². The maximum absolute atomic E-state index is 4.51. The summed E-state index contributed by atoms with van der Waals surface area (Å²) in [6.07, 6.45) is 3.04. The van der Waals surface area contributed by atoms with Crippen LogP contribution in [-0.4, -0.2) is 56.7 Å². The molecular weight excluding hydrogens is 370 g/mol. The Kier molecular flexibility index (Phi) is 5.68. The van der Waals surface area contributed by atoms with Gasteiger partial charge in [-0.25, -0.2) is 4.98 Å². The highest BCUT2D eigenvalue weighted by molar-refractivity contribution is 7.11. The first kappa shape index (κ1) is 19.0. The van der Waals surface area contributed by atoms with Crippen LogP contribution in [0.1, 0.15) is 29.3 Å². The molecule has 0 bridgehead atoms. The van der Waals surface area contributed by atoms with Crippen molar-refractivity contribution in [3.8, 4) is 11.4 Å². The van der Waals surface area contributed by atoms with Crippen LogP contribution < -0.4 is 4.90 Å². The van der Waals surface area contributed by atoms with Crippen molar-refractivity contribution in [3.63, 3.8) is 0 Å². The van der Waals surface area contributed by atoms with Crippen molar-refractivity contribution in [2.75, 3.05) is 31.1 Å². The summed E-state index contributed by atoms with van der Waals surface area (Å²) in [6, 6.07) is 6.64. The lowest BCUT2D eigenvalue weighted by Gasteiger charge is -2.36. The van der Waals surface area contributed by atoms with E-state index in [2.05, 4.69) is 74.4 Å². The molecule has 0 radical (unpaired) electrons. The molecule has 28 heavy (non-hydrogen) atoms. The second-order valence-electron chi connectivity index (χ2n) is 7.81. The van der Waals surface area contributed by atoms with Gasteiger partial charge in [0.15, 0.2) is 0 Å². The summed E-state index contributed by atoms with van der Waals surface area (Å²) in [6.45, 7) is 11.6. The molecule has 3 heterocycles. The number of nitrogens with one attached hydrogen (secondary N) is 1. The molecule has 2 aromatic heterocycles. The van der Waals surface area contributed by atoms with Crippen LogP contribution in [0.3, 0.4) is 0 Å². The fourth-order valence-electron chi connectivity index (χ4n) is 3.71. The first-order chi connectivity index (χ1) is 13.6. The van der Waals surface area contributed by atoms with E-state index in [1.165, 1.54) is 21.1 Å². The summed E-state index contributed by atoms with van der Waals surface area (Å²) >= 11 is 1.79. The molecule has 7 nitrogen and oxygen atoms in total. The maximum Gasteiger partial charge on any atom is 0.206 e. The summed E-state index contributed by atoms with van der Waals surface area (Å²) in [5.41, 5.74) is 3.62. The number of thiazole rings is 1.